The van der Waals surface area contributed by atoms with Crippen LogP contribution in [0.2, 0.25) is 5.15 Å². The second-order valence-electron chi connectivity index (χ2n) is 3.78. The lowest BCUT2D eigenvalue weighted by Crippen LogP contribution is -2.06. The van der Waals surface area contributed by atoms with Gasteiger partial charge in [0.15, 0.2) is 0 Å². The number of halogens is 1. The van der Waals surface area contributed by atoms with Crippen LogP contribution in [0.5, 0.6) is 0 Å². The summed E-state index contributed by atoms with van der Waals surface area (Å²) in [6.07, 6.45) is 5.84. The number of hydrogen-bond donors (Lipinski definition) is 1. The van der Waals surface area contributed by atoms with Gasteiger partial charge in [-0.1, -0.05) is 11.6 Å². The predicted molar refractivity (Wildman–Crippen MR) is 64.5 cm³/mol. The van der Waals surface area contributed by atoms with Crippen molar-refractivity contribution in [1.29, 1.82) is 0 Å². The molecule has 5 heteroatoms. The molecule has 0 amide bonds. The lowest BCUT2D eigenvalue weighted by molar-refractivity contribution is 0.699. The summed E-state index contributed by atoms with van der Waals surface area (Å²) in [6, 6.07) is 2.10. The minimum atomic E-state index is 0.664. The van der Waals surface area contributed by atoms with Crippen molar-refractivity contribution in [3.8, 4) is 0 Å². The minimum Gasteiger partial charge on any atom is -0.346 e. The van der Waals surface area contributed by atoms with Crippen molar-refractivity contribution >= 4 is 11.6 Å². The Morgan fingerprint density at radius 2 is 2.31 bits per heavy atom. The molecule has 0 aromatic carbocycles. The second-order valence-corrected chi connectivity index (χ2v) is 4.17. The molecule has 16 heavy (non-hydrogen) atoms. The Bertz CT molecular complexity index is 472. The fraction of sp³-hybridized carbons (Fsp3) is 0.364. The summed E-state index contributed by atoms with van der Waals surface area (Å²) in [7, 11) is 3.86. The first-order chi connectivity index (χ1) is 7.70. The molecular weight excluding hydrogens is 224 g/mol. The third-order valence-corrected chi connectivity index (χ3v) is 2.90. The molecule has 0 aliphatic rings. The summed E-state index contributed by atoms with van der Waals surface area (Å²) in [6.45, 7) is 1.63. The normalized spacial score (nSPS) is 10.9. The molecule has 2 aromatic heterocycles. The molecule has 0 spiro atoms. The molecule has 0 saturated carbocycles. The number of aromatic nitrogens is 3. The van der Waals surface area contributed by atoms with Crippen LogP contribution in [0.3, 0.4) is 0 Å². The van der Waals surface area contributed by atoms with E-state index < -0.39 is 0 Å². The van der Waals surface area contributed by atoms with Crippen molar-refractivity contribution in [1.82, 2.24) is 19.4 Å². The van der Waals surface area contributed by atoms with E-state index in [1.165, 1.54) is 5.56 Å². The smallest absolute Gasteiger partial charge is 0.129 e. The quantitative estimate of drug-likeness (QED) is 0.879. The Kier molecular flexibility index (Phi) is 3.31. The van der Waals surface area contributed by atoms with E-state index >= 15 is 0 Å². The van der Waals surface area contributed by atoms with Gasteiger partial charge < -0.3 is 14.5 Å². The first-order valence-electron chi connectivity index (χ1n) is 5.16. The van der Waals surface area contributed by atoms with Crippen LogP contribution in [0.1, 0.15) is 11.4 Å². The highest BCUT2D eigenvalue weighted by atomic mass is 35.5. The zero-order valence-electron chi connectivity index (χ0n) is 9.44. The third-order valence-electron chi connectivity index (χ3n) is 2.54. The second kappa shape index (κ2) is 4.72. The van der Waals surface area contributed by atoms with Gasteiger partial charge in [0.05, 0.1) is 12.7 Å². The first kappa shape index (κ1) is 11.2. The Labute approximate surface area is 99.9 Å². The van der Waals surface area contributed by atoms with Crippen LogP contribution < -0.4 is 5.32 Å². The Morgan fingerprint density at radius 1 is 1.50 bits per heavy atom. The van der Waals surface area contributed by atoms with Gasteiger partial charge in [-0.15, -0.1) is 0 Å². The van der Waals surface area contributed by atoms with E-state index in [0.29, 0.717) is 5.15 Å². The number of rotatable bonds is 4. The molecule has 2 aromatic rings. The van der Waals surface area contributed by atoms with Crippen molar-refractivity contribution in [2.45, 2.75) is 13.1 Å². The lowest BCUT2D eigenvalue weighted by Gasteiger charge is -2.03. The van der Waals surface area contributed by atoms with Crippen LogP contribution in [0.4, 0.5) is 0 Å². The number of nitrogens with one attached hydrogen (secondary N) is 1. The summed E-state index contributed by atoms with van der Waals surface area (Å²) in [5.41, 5.74) is 1.27. The van der Waals surface area contributed by atoms with E-state index in [0.717, 1.165) is 18.9 Å². The summed E-state index contributed by atoms with van der Waals surface area (Å²) in [5.74, 6) is 0.955. The van der Waals surface area contributed by atoms with E-state index in [4.69, 9.17) is 11.6 Å². The Hall–Kier alpha value is -1.26. The SMILES string of the molecule is CNCc1ccn(Cc2ncc(Cl)n2C)c1. The van der Waals surface area contributed by atoms with E-state index in [2.05, 4.69) is 33.3 Å². The summed E-state index contributed by atoms with van der Waals surface area (Å²) < 4.78 is 3.99. The van der Waals surface area contributed by atoms with Crippen LogP contribution >= 0.6 is 11.6 Å². The molecule has 86 valence electrons. The van der Waals surface area contributed by atoms with E-state index in [9.17, 15) is 0 Å². The number of hydrogen-bond acceptors (Lipinski definition) is 2. The summed E-state index contributed by atoms with van der Waals surface area (Å²) >= 11 is 5.93. The highest BCUT2D eigenvalue weighted by molar-refractivity contribution is 6.29. The molecule has 1 N–H and O–H groups in total. The van der Waals surface area contributed by atoms with Crippen molar-refractivity contribution in [2.24, 2.45) is 7.05 Å². The van der Waals surface area contributed by atoms with Crippen LogP contribution in [-0.4, -0.2) is 21.2 Å². The fourth-order valence-electron chi connectivity index (χ4n) is 1.63. The highest BCUT2D eigenvalue weighted by Crippen LogP contribution is 2.11. The van der Waals surface area contributed by atoms with Gasteiger partial charge in [-0.2, -0.15) is 0 Å². The van der Waals surface area contributed by atoms with Crippen molar-refractivity contribution in [2.75, 3.05) is 7.05 Å². The summed E-state index contributed by atoms with van der Waals surface area (Å²) in [4.78, 5) is 4.26. The molecule has 0 unspecified atom stereocenters. The average molecular weight is 239 g/mol. The molecule has 2 rings (SSSR count). The van der Waals surface area contributed by atoms with Gasteiger partial charge in [-0.25, -0.2) is 4.98 Å². The molecule has 0 atom stereocenters. The van der Waals surface area contributed by atoms with Gasteiger partial charge in [-0.05, 0) is 18.7 Å². The van der Waals surface area contributed by atoms with Crippen molar-refractivity contribution in [3.05, 3.63) is 41.2 Å². The van der Waals surface area contributed by atoms with Gasteiger partial charge >= 0.3 is 0 Å². The monoisotopic (exact) mass is 238 g/mol. The van der Waals surface area contributed by atoms with Crippen LogP contribution in [0.25, 0.3) is 0 Å². The summed E-state index contributed by atoms with van der Waals surface area (Å²) in [5, 5.41) is 3.79. The number of nitrogens with zero attached hydrogens (tertiary/aromatic N) is 3. The van der Waals surface area contributed by atoms with Crippen LogP contribution in [0, 0.1) is 0 Å². The van der Waals surface area contributed by atoms with Crippen LogP contribution in [0.15, 0.2) is 24.7 Å². The molecular formula is C11H15ClN4. The molecule has 0 saturated heterocycles. The largest absolute Gasteiger partial charge is 0.346 e. The third kappa shape index (κ3) is 2.28. The lowest BCUT2D eigenvalue weighted by atomic mass is 10.3. The van der Waals surface area contributed by atoms with Gasteiger partial charge in [0.2, 0.25) is 0 Å². The maximum atomic E-state index is 5.93. The van der Waals surface area contributed by atoms with E-state index in [1.54, 1.807) is 6.20 Å². The molecule has 0 aliphatic carbocycles. The van der Waals surface area contributed by atoms with Crippen molar-refractivity contribution in [3.63, 3.8) is 0 Å². The van der Waals surface area contributed by atoms with Crippen molar-refractivity contribution < 1.29 is 0 Å². The Morgan fingerprint density at radius 3 is 2.94 bits per heavy atom. The first-order valence-corrected chi connectivity index (χ1v) is 5.54. The highest BCUT2D eigenvalue weighted by Gasteiger charge is 2.05. The number of imidazole rings is 1. The maximum Gasteiger partial charge on any atom is 0.129 e. The molecule has 0 fully saturated rings. The maximum absolute atomic E-state index is 5.93. The molecule has 2 heterocycles. The average Bonchev–Trinajstić information content (AvgIpc) is 2.82. The molecule has 0 bridgehead atoms. The van der Waals surface area contributed by atoms with Gasteiger partial charge in [-0.3, -0.25) is 0 Å². The molecule has 4 nitrogen and oxygen atoms in total. The zero-order valence-corrected chi connectivity index (χ0v) is 10.2. The van der Waals surface area contributed by atoms with E-state index in [-0.39, 0.29) is 0 Å². The van der Waals surface area contributed by atoms with Gasteiger partial charge in [0.25, 0.3) is 0 Å². The van der Waals surface area contributed by atoms with Gasteiger partial charge in [0, 0.05) is 26.0 Å². The topological polar surface area (TPSA) is 34.8 Å². The molecule has 0 aliphatic heterocycles. The van der Waals surface area contributed by atoms with E-state index in [1.807, 2.05) is 18.7 Å². The standard InChI is InChI=1S/C11H15ClN4/c1-13-5-9-3-4-16(7-9)8-11-14-6-10(12)15(11)2/h3-4,6-7,13H,5,8H2,1-2H3. The Balaban J connectivity index is 2.11. The molecule has 0 radical (unpaired) electrons. The zero-order chi connectivity index (χ0) is 11.5. The van der Waals surface area contributed by atoms with Gasteiger partial charge in [0.1, 0.15) is 11.0 Å². The minimum absolute atomic E-state index is 0.664. The predicted octanol–water partition coefficient (Wildman–Crippen LogP) is 1.64. The fourth-order valence-corrected chi connectivity index (χ4v) is 1.78. The van der Waals surface area contributed by atoms with Crippen LogP contribution in [-0.2, 0) is 20.1 Å².